The van der Waals surface area contributed by atoms with Crippen molar-refractivity contribution in [3.8, 4) is 0 Å². The highest BCUT2D eigenvalue weighted by Crippen LogP contribution is 2.30. The number of carbonyl (C=O) groups excluding carboxylic acids is 1. The van der Waals surface area contributed by atoms with Gasteiger partial charge in [0.05, 0.1) is 26.4 Å². The number of esters is 1. The van der Waals surface area contributed by atoms with Gasteiger partial charge in [0, 0.05) is 6.92 Å². The van der Waals surface area contributed by atoms with Crippen molar-refractivity contribution >= 4 is 5.97 Å². The molecule has 0 aliphatic carbocycles. The molecule has 5 atom stereocenters. The van der Waals surface area contributed by atoms with Gasteiger partial charge in [-0.05, 0) is 29.2 Å². The lowest BCUT2D eigenvalue weighted by Gasteiger charge is -2.35. The first kappa shape index (κ1) is 27.7. The largest absolute Gasteiger partial charge is 0.457 e. The van der Waals surface area contributed by atoms with Gasteiger partial charge in [0.2, 0.25) is 0 Å². The number of ether oxygens (including phenoxy) is 5. The van der Waals surface area contributed by atoms with E-state index in [0.29, 0.717) is 19.8 Å². The molecule has 3 aromatic rings. The van der Waals surface area contributed by atoms with Gasteiger partial charge < -0.3 is 23.7 Å². The van der Waals surface area contributed by atoms with Crippen LogP contribution in [-0.2, 0) is 48.3 Å². The average Bonchev–Trinajstić information content (AvgIpc) is 3.07. The molecule has 200 valence electrons. The quantitative estimate of drug-likeness (QED) is 0.242. The highest BCUT2D eigenvalue weighted by molar-refractivity contribution is 5.66. The topological polar surface area (TPSA) is 63.2 Å². The summed E-state index contributed by atoms with van der Waals surface area (Å²) in [5.74, 6) is -0.427. The van der Waals surface area contributed by atoms with Crippen LogP contribution in [0.2, 0.25) is 0 Å². The Morgan fingerprint density at radius 3 is 1.61 bits per heavy atom. The molecule has 1 aliphatic heterocycles. The molecule has 5 unspecified atom stereocenters. The molecule has 6 nitrogen and oxygen atoms in total. The van der Waals surface area contributed by atoms with Gasteiger partial charge in [-0.15, -0.1) is 0 Å². The summed E-state index contributed by atoms with van der Waals surface area (Å²) in [4.78, 5) is 12.3. The third-order valence-electron chi connectivity index (χ3n) is 6.42. The van der Waals surface area contributed by atoms with E-state index in [4.69, 9.17) is 23.7 Å². The van der Waals surface area contributed by atoms with Crippen LogP contribution >= 0.6 is 0 Å². The highest BCUT2D eigenvalue weighted by Gasteiger charge is 2.47. The molecule has 0 bridgehead atoms. The van der Waals surface area contributed by atoms with E-state index in [1.165, 1.54) is 6.92 Å². The smallest absolute Gasteiger partial charge is 0.303 e. The number of carbonyl (C=O) groups is 1. The van der Waals surface area contributed by atoms with Crippen LogP contribution in [0.5, 0.6) is 0 Å². The van der Waals surface area contributed by atoms with Gasteiger partial charge in [-0.3, -0.25) is 4.79 Å². The summed E-state index contributed by atoms with van der Waals surface area (Å²) in [6.07, 6.45) is -3.08. The van der Waals surface area contributed by atoms with E-state index in [1.54, 1.807) is 0 Å². The van der Waals surface area contributed by atoms with E-state index in [0.717, 1.165) is 22.3 Å². The molecule has 6 heteroatoms. The second kappa shape index (κ2) is 14.0. The molecular weight excluding hydrogens is 480 g/mol. The number of hydrogen-bond acceptors (Lipinski definition) is 6. The van der Waals surface area contributed by atoms with Crippen molar-refractivity contribution < 1.29 is 28.5 Å². The second-order valence-electron chi connectivity index (χ2n) is 9.53. The molecule has 0 saturated carbocycles. The summed E-state index contributed by atoms with van der Waals surface area (Å²) in [5.41, 5.74) is 3.78. The zero-order valence-electron chi connectivity index (χ0n) is 22.0. The Morgan fingerprint density at radius 1 is 0.711 bits per heavy atom. The van der Waals surface area contributed by atoms with Crippen molar-refractivity contribution in [3.05, 3.63) is 120 Å². The minimum Gasteiger partial charge on any atom is -0.457 e. The second-order valence-corrected chi connectivity index (χ2v) is 9.53. The maximum absolute atomic E-state index is 12.3. The fraction of sp³-hybridized carbons (Fsp3) is 0.344. The van der Waals surface area contributed by atoms with E-state index in [-0.39, 0.29) is 6.61 Å². The minimum atomic E-state index is -0.764. The standard InChI is InChI=1S/C32H36O6/c1-23(2)29-32(38-24(3)33)31(36-21-27-17-11-6-12-18-27)30(35-20-26-15-9-5-10-16-26)28(22-37-29)34-19-25-13-7-4-8-14-25/h4-18,28-32H,1,19-22H2,2-3H3. The molecule has 0 radical (unpaired) electrons. The summed E-state index contributed by atoms with van der Waals surface area (Å²) in [6, 6.07) is 29.7. The van der Waals surface area contributed by atoms with Crippen molar-refractivity contribution in [3.63, 3.8) is 0 Å². The van der Waals surface area contributed by atoms with E-state index < -0.39 is 36.5 Å². The number of rotatable bonds is 11. The molecule has 1 aliphatic rings. The van der Waals surface area contributed by atoms with Gasteiger partial charge in [-0.25, -0.2) is 0 Å². The van der Waals surface area contributed by atoms with E-state index in [9.17, 15) is 4.79 Å². The van der Waals surface area contributed by atoms with Gasteiger partial charge in [-0.2, -0.15) is 0 Å². The average molecular weight is 517 g/mol. The number of hydrogen-bond donors (Lipinski definition) is 0. The minimum absolute atomic E-state index is 0.229. The lowest BCUT2D eigenvalue weighted by Crippen LogP contribution is -2.51. The SMILES string of the molecule is C=C(C)C1OCC(OCc2ccccc2)C(OCc2ccccc2)C(OCc2ccccc2)C1OC(C)=O. The van der Waals surface area contributed by atoms with E-state index in [1.807, 2.05) is 97.9 Å². The molecule has 38 heavy (non-hydrogen) atoms. The van der Waals surface area contributed by atoms with Crippen LogP contribution in [-0.4, -0.2) is 43.1 Å². The van der Waals surface area contributed by atoms with Crippen LogP contribution in [0, 0.1) is 0 Å². The molecule has 0 aromatic heterocycles. The van der Waals surface area contributed by atoms with Crippen LogP contribution in [0.3, 0.4) is 0 Å². The third kappa shape index (κ3) is 7.85. The molecule has 0 amide bonds. The summed E-state index contributed by atoms with van der Waals surface area (Å²) < 4.78 is 31.6. The first-order chi connectivity index (χ1) is 18.5. The highest BCUT2D eigenvalue weighted by atomic mass is 16.6. The van der Waals surface area contributed by atoms with E-state index in [2.05, 4.69) is 6.58 Å². The first-order valence-corrected chi connectivity index (χ1v) is 12.9. The summed E-state index contributed by atoms with van der Waals surface area (Å²) in [6.45, 7) is 8.62. The van der Waals surface area contributed by atoms with Crippen LogP contribution in [0.4, 0.5) is 0 Å². The van der Waals surface area contributed by atoms with Crippen molar-refractivity contribution in [2.45, 2.75) is 64.2 Å². The van der Waals surface area contributed by atoms with Gasteiger partial charge in [0.1, 0.15) is 24.4 Å². The lowest BCUT2D eigenvalue weighted by molar-refractivity contribution is -0.187. The van der Waals surface area contributed by atoms with Gasteiger partial charge in [0.25, 0.3) is 0 Å². The maximum Gasteiger partial charge on any atom is 0.303 e. The fourth-order valence-electron chi connectivity index (χ4n) is 4.55. The molecule has 1 fully saturated rings. The van der Waals surface area contributed by atoms with Gasteiger partial charge in [-0.1, -0.05) is 97.6 Å². The normalized spacial score (nSPS) is 23.4. The molecule has 3 aromatic carbocycles. The molecular formula is C32H36O6. The Kier molecular flexibility index (Phi) is 10.2. The summed E-state index contributed by atoms with van der Waals surface area (Å²) >= 11 is 0. The predicted octanol–water partition coefficient (Wildman–Crippen LogP) is 5.65. The van der Waals surface area contributed by atoms with Crippen LogP contribution < -0.4 is 0 Å². The Balaban J connectivity index is 1.66. The zero-order valence-corrected chi connectivity index (χ0v) is 22.0. The molecule has 0 spiro atoms. The predicted molar refractivity (Wildman–Crippen MR) is 145 cm³/mol. The van der Waals surface area contributed by atoms with Gasteiger partial charge in [0.15, 0.2) is 6.10 Å². The van der Waals surface area contributed by atoms with Crippen LogP contribution in [0.15, 0.2) is 103 Å². The molecule has 0 N–H and O–H groups in total. The Hall–Kier alpha value is -3.29. The maximum atomic E-state index is 12.3. The van der Waals surface area contributed by atoms with Crippen LogP contribution in [0.25, 0.3) is 0 Å². The summed E-state index contributed by atoms with van der Waals surface area (Å²) in [5, 5.41) is 0. The van der Waals surface area contributed by atoms with Crippen molar-refractivity contribution in [2.75, 3.05) is 6.61 Å². The van der Waals surface area contributed by atoms with Crippen LogP contribution in [0.1, 0.15) is 30.5 Å². The Morgan fingerprint density at radius 2 is 1.16 bits per heavy atom. The lowest BCUT2D eigenvalue weighted by atomic mass is 9.97. The molecule has 1 saturated heterocycles. The van der Waals surface area contributed by atoms with Crippen molar-refractivity contribution in [2.24, 2.45) is 0 Å². The summed E-state index contributed by atoms with van der Waals surface area (Å²) in [7, 11) is 0. The molecule has 4 rings (SSSR count). The Bertz CT molecular complexity index is 1130. The number of benzene rings is 3. The Labute approximate surface area is 225 Å². The first-order valence-electron chi connectivity index (χ1n) is 12.9. The zero-order chi connectivity index (χ0) is 26.7. The fourth-order valence-corrected chi connectivity index (χ4v) is 4.55. The van der Waals surface area contributed by atoms with Crippen molar-refractivity contribution in [1.29, 1.82) is 0 Å². The van der Waals surface area contributed by atoms with Gasteiger partial charge >= 0.3 is 5.97 Å². The molecule has 1 heterocycles. The monoisotopic (exact) mass is 516 g/mol. The van der Waals surface area contributed by atoms with E-state index >= 15 is 0 Å². The third-order valence-corrected chi connectivity index (χ3v) is 6.42. The van der Waals surface area contributed by atoms with Crippen molar-refractivity contribution in [1.82, 2.24) is 0 Å².